The third-order valence-corrected chi connectivity index (χ3v) is 2.93. The Morgan fingerprint density at radius 1 is 1.69 bits per heavy atom. The van der Waals surface area contributed by atoms with Crippen LogP contribution in [-0.2, 0) is 16.0 Å². The molecule has 0 fully saturated rings. The van der Waals surface area contributed by atoms with E-state index in [0.29, 0.717) is 11.5 Å². The normalized spacial score (nSPS) is 10.3. The lowest BCUT2D eigenvalue weighted by atomic mass is 10.3. The molecule has 2 heterocycles. The van der Waals surface area contributed by atoms with Gasteiger partial charge in [-0.15, -0.1) is 11.3 Å². The number of nitrogens with one attached hydrogen (secondary N) is 1. The molecule has 0 aromatic carbocycles. The van der Waals surface area contributed by atoms with Crippen LogP contribution in [-0.4, -0.2) is 28.3 Å². The summed E-state index contributed by atoms with van der Waals surface area (Å²) in [5.41, 5.74) is 7.09. The largest absolute Gasteiger partial charge is 0.469 e. The molecule has 0 aliphatic heterocycles. The van der Waals surface area contributed by atoms with Crippen molar-refractivity contribution in [1.29, 1.82) is 0 Å². The molecule has 0 saturated heterocycles. The Hall–Kier alpha value is -1.89. The van der Waals surface area contributed by atoms with Gasteiger partial charge in [0.1, 0.15) is 10.8 Å². The molecule has 0 aliphatic carbocycles. The van der Waals surface area contributed by atoms with Gasteiger partial charge in [-0.05, 0) is 0 Å². The Kier molecular flexibility index (Phi) is 2.86. The maximum absolute atomic E-state index is 11.0. The van der Waals surface area contributed by atoms with Crippen LogP contribution in [0, 0.1) is 0 Å². The summed E-state index contributed by atoms with van der Waals surface area (Å²) in [5.74, 6) is 0.163. The van der Waals surface area contributed by atoms with Crippen LogP contribution in [0.5, 0.6) is 0 Å². The van der Waals surface area contributed by atoms with Gasteiger partial charge in [0.2, 0.25) is 0 Å². The number of hydrogen-bond acceptors (Lipinski definition) is 6. The number of esters is 1. The molecule has 0 bridgehead atoms. The molecule has 2 aromatic rings. The van der Waals surface area contributed by atoms with Crippen molar-refractivity contribution in [2.45, 2.75) is 6.42 Å². The van der Waals surface area contributed by atoms with Gasteiger partial charge in [-0.25, -0.2) is 4.98 Å². The molecule has 0 aliphatic rings. The lowest BCUT2D eigenvalue weighted by Crippen LogP contribution is -2.04. The van der Waals surface area contributed by atoms with Crippen LogP contribution in [0.15, 0.2) is 11.6 Å². The van der Waals surface area contributed by atoms with Crippen LogP contribution >= 0.6 is 11.3 Å². The Labute approximate surface area is 95.5 Å². The molecule has 2 rings (SSSR count). The second-order valence-electron chi connectivity index (χ2n) is 3.09. The van der Waals surface area contributed by atoms with E-state index in [1.54, 1.807) is 11.6 Å². The number of nitrogens with two attached hydrogens (primary N) is 1. The van der Waals surface area contributed by atoms with Crippen molar-refractivity contribution in [2.75, 3.05) is 12.8 Å². The Balaban J connectivity index is 2.20. The average Bonchev–Trinajstić information content (AvgIpc) is 2.86. The summed E-state index contributed by atoms with van der Waals surface area (Å²) in [7, 11) is 1.35. The molecule has 0 saturated carbocycles. The first-order valence-electron chi connectivity index (χ1n) is 4.51. The number of hydrogen-bond donors (Lipinski definition) is 2. The summed E-state index contributed by atoms with van der Waals surface area (Å²) in [4.78, 5) is 15.3. The van der Waals surface area contributed by atoms with E-state index in [4.69, 9.17) is 5.73 Å². The van der Waals surface area contributed by atoms with E-state index in [1.165, 1.54) is 18.4 Å². The number of thiazole rings is 1. The Morgan fingerprint density at radius 2 is 2.50 bits per heavy atom. The molecule has 84 valence electrons. The van der Waals surface area contributed by atoms with E-state index in [0.717, 1.165) is 10.6 Å². The van der Waals surface area contributed by atoms with Gasteiger partial charge in [0.15, 0.2) is 0 Å². The quantitative estimate of drug-likeness (QED) is 0.772. The summed E-state index contributed by atoms with van der Waals surface area (Å²) in [5, 5.41) is 8.99. The van der Waals surface area contributed by atoms with Crippen LogP contribution in [0.2, 0.25) is 0 Å². The number of ether oxygens (including phenoxy) is 1. The zero-order valence-electron chi connectivity index (χ0n) is 8.56. The van der Waals surface area contributed by atoms with Gasteiger partial charge in [-0.2, -0.15) is 5.10 Å². The summed E-state index contributed by atoms with van der Waals surface area (Å²) >= 11 is 1.42. The van der Waals surface area contributed by atoms with E-state index in [2.05, 4.69) is 19.9 Å². The van der Waals surface area contributed by atoms with Crippen molar-refractivity contribution in [1.82, 2.24) is 15.2 Å². The first-order chi connectivity index (χ1) is 7.70. The van der Waals surface area contributed by atoms with Crippen molar-refractivity contribution in [2.24, 2.45) is 0 Å². The Morgan fingerprint density at radius 3 is 3.12 bits per heavy atom. The molecule has 2 aromatic heterocycles. The molecule has 0 amide bonds. The molecule has 0 atom stereocenters. The maximum atomic E-state index is 11.0. The second kappa shape index (κ2) is 4.31. The van der Waals surface area contributed by atoms with Crippen LogP contribution in [0.3, 0.4) is 0 Å². The van der Waals surface area contributed by atoms with E-state index < -0.39 is 0 Å². The zero-order valence-corrected chi connectivity index (χ0v) is 9.37. The topological polar surface area (TPSA) is 93.9 Å². The minimum Gasteiger partial charge on any atom is -0.469 e. The lowest BCUT2D eigenvalue weighted by Gasteiger charge is -1.94. The number of anilines is 1. The molecule has 7 heteroatoms. The number of rotatable bonds is 3. The third kappa shape index (κ3) is 2.03. The first kappa shape index (κ1) is 10.6. The summed E-state index contributed by atoms with van der Waals surface area (Å²) in [6, 6.07) is 0. The second-order valence-corrected chi connectivity index (χ2v) is 3.95. The highest BCUT2D eigenvalue weighted by atomic mass is 32.1. The van der Waals surface area contributed by atoms with Gasteiger partial charge in [0.05, 0.1) is 31.0 Å². The van der Waals surface area contributed by atoms with Gasteiger partial charge in [0.25, 0.3) is 0 Å². The predicted octanol–water partition coefficient (Wildman–Crippen LogP) is 0.831. The SMILES string of the molecule is COC(=O)Cc1csc(-c2cn[nH]c2N)n1. The van der Waals surface area contributed by atoms with E-state index in [1.807, 2.05) is 0 Å². The Bertz CT molecular complexity index is 505. The average molecular weight is 238 g/mol. The van der Waals surface area contributed by atoms with Crippen molar-refractivity contribution in [3.05, 3.63) is 17.3 Å². The van der Waals surface area contributed by atoms with Crippen LogP contribution < -0.4 is 5.73 Å². The van der Waals surface area contributed by atoms with Crippen LogP contribution in [0.4, 0.5) is 5.82 Å². The fourth-order valence-corrected chi connectivity index (χ4v) is 2.04. The van der Waals surface area contributed by atoms with Crippen molar-refractivity contribution in [3.8, 4) is 10.6 Å². The number of aromatic nitrogens is 3. The minimum absolute atomic E-state index is 0.171. The smallest absolute Gasteiger partial charge is 0.311 e. The van der Waals surface area contributed by atoms with Crippen molar-refractivity contribution >= 4 is 23.1 Å². The number of carbonyl (C=O) groups is 1. The fraction of sp³-hybridized carbons (Fsp3) is 0.222. The molecule has 0 spiro atoms. The summed E-state index contributed by atoms with van der Waals surface area (Å²) < 4.78 is 4.56. The monoisotopic (exact) mass is 238 g/mol. The van der Waals surface area contributed by atoms with Gasteiger partial charge in [-0.1, -0.05) is 0 Å². The summed E-state index contributed by atoms with van der Waals surface area (Å²) in [6.45, 7) is 0. The van der Waals surface area contributed by atoms with Crippen molar-refractivity contribution < 1.29 is 9.53 Å². The number of aromatic amines is 1. The van der Waals surface area contributed by atoms with Crippen LogP contribution in [0.1, 0.15) is 5.69 Å². The van der Waals surface area contributed by atoms with Gasteiger partial charge < -0.3 is 10.5 Å². The molecule has 6 nitrogen and oxygen atoms in total. The zero-order chi connectivity index (χ0) is 11.5. The molecule has 0 radical (unpaired) electrons. The van der Waals surface area contributed by atoms with Gasteiger partial charge in [-0.3, -0.25) is 9.89 Å². The van der Waals surface area contributed by atoms with E-state index in [9.17, 15) is 4.79 Å². The number of carbonyl (C=O) groups excluding carboxylic acids is 1. The van der Waals surface area contributed by atoms with Crippen LogP contribution in [0.25, 0.3) is 10.6 Å². The molecule has 0 unspecified atom stereocenters. The first-order valence-corrected chi connectivity index (χ1v) is 5.39. The standard InChI is InChI=1S/C9H10N4O2S/c1-15-7(14)2-5-4-16-9(12-5)6-3-11-13-8(6)10/h3-4H,2H2,1H3,(H3,10,11,13). The highest BCUT2D eigenvalue weighted by Gasteiger charge is 2.11. The van der Waals surface area contributed by atoms with Crippen molar-refractivity contribution in [3.63, 3.8) is 0 Å². The predicted molar refractivity (Wildman–Crippen MR) is 59.8 cm³/mol. The maximum Gasteiger partial charge on any atom is 0.311 e. The molecule has 16 heavy (non-hydrogen) atoms. The molecular weight excluding hydrogens is 228 g/mol. The third-order valence-electron chi connectivity index (χ3n) is 2.00. The number of methoxy groups -OCH3 is 1. The minimum atomic E-state index is -0.308. The molecule has 3 N–H and O–H groups in total. The highest BCUT2D eigenvalue weighted by molar-refractivity contribution is 7.13. The number of nitrogen functional groups attached to an aromatic ring is 1. The fourth-order valence-electron chi connectivity index (χ4n) is 1.20. The highest BCUT2D eigenvalue weighted by Crippen LogP contribution is 2.27. The van der Waals surface area contributed by atoms with Gasteiger partial charge >= 0.3 is 5.97 Å². The van der Waals surface area contributed by atoms with E-state index in [-0.39, 0.29) is 12.4 Å². The number of nitrogens with zero attached hydrogens (tertiary/aromatic N) is 2. The summed E-state index contributed by atoms with van der Waals surface area (Å²) in [6.07, 6.45) is 1.78. The molecular formula is C9H10N4O2S. The lowest BCUT2D eigenvalue weighted by molar-refractivity contribution is -0.139. The van der Waals surface area contributed by atoms with Gasteiger partial charge in [0, 0.05) is 5.38 Å². The number of H-pyrrole nitrogens is 1. The van der Waals surface area contributed by atoms with E-state index >= 15 is 0 Å².